The van der Waals surface area contributed by atoms with Gasteiger partial charge in [0.25, 0.3) is 0 Å². The van der Waals surface area contributed by atoms with Crippen LogP contribution in [0.2, 0.25) is 0 Å². The molecule has 0 saturated heterocycles. The molecule has 1 aliphatic carbocycles. The van der Waals surface area contributed by atoms with Crippen molar-refractivity contribution in [2.75, 3.05) is 0 Å². The van der Waals surface area contributed by atoms with Gasteiger partial charge in [0.15, 0.2) is 0 Å². The van der Waals surface area contributed by atoms with E-state index in [1.54, 1.807) is 5.56 Å². The Labute approximate surface area is 316 Å². The molecule has 12 aromatic rings. The largest absolute Gasteiger partial charge is 0.310 e. The summed E-state index contributed by atoms with van der Waals surface area (Å²) in [7, 11) is 0. The lowest BCUT2D eigenvalue weighted by Crippen LogP contribution is -2.58. The first-order chi connectivity index (χ1) is 27.3. The van der Waals surface area contributed by atoms with Gasteiger partial charge in [-0.2, -0.15) is 0 Å². The van der Waals surface area contributed by atoms with Crippen molar-refractivity contribution in [3.63, 3.8) is 0 Å². The number of fused-ring (bicyclic) bond motifs is 11. The van der Waals surface area contributed by atoms with E-state index in [1.807, 2.05) is 0 Å². The number of nitrogens with zero attached hydrogens (tertiary/aromatic N) is 1. The first kappa shape index (κ1) is 27.9. The maximum absolute atomic E-state index is 2.64. The minimum absolute atomic E-state index is 0.154. The normalized spacial score (nSPS) is 15.6. The smallest absolute Gasteiger partial charge is 0.247 e. The van der Waals surface area contributed by atoms with Crippen molar-refractivity contribution < 1.29 is 0 Å². The van der Waals surface area contributed by atoms with E-state index in [9.17, 15) is 0 Å². The summed E-state index contributed by atoms with van der Waals surface area (Å²) in [6, 6.07) is 59.0. The summed E-state index contributed by atoms with van der Waals surface area (Å²) >= 11 is 0. The molecule has 1 nitrogen and oxygen atoms in total. The first-order valence-corrected chi connectivity index (χ1v) is 19.9. The van der Waals surface area contributed by atoms with Gasteiger partial charge in [0.05, 0.1) is 5.52 Å². The van der Waals surface area contributed by atoms with E-state index in [0.29, 0.717) is 5.92 Å². The van der Waals surface area contributed by atoms with Gasteiger partial charge in [-0.3, -0.25) is 0 Å². The van der Waals surface area contributed by atoms with Gasteiger partial charge in [0, 0.05) is 27.9 Å². The third-order valence-electron chi connectivity index (χ3n) is 14.3. The molecule has 0 saturated carbocycles. The summed E-state index contributed by atoms with van der Waals surface area (Å²) in [6.07, 6.45) is 2.16. The predicted octanol–water partition coefficient (Wildman–Crippen LogP) is 11.5. The molecule has 0 bridgehead atoms. The van der Waals surface area contributed by atoms with E-state index in [-0.39, 0.29) is 6.71 Å². The van der Waals surface area contributed by atoms with Gasteiger partial charge in [0.1, 0.15) is 0 Å². The highest BCUT2D eigenvalue weighted by Crippen LogP contribution is 2.53. The lowest BCUT2D eigenvalue weighted by molar-refractivity contribution is 0.733. The minimum Gasteiger partial charge on any atom is -0.310 e. The molecule has 1 unspecified atom stereocenters. The van der Waals surface area contributed by atoms with Gasteiger partial charge in [-0.05, 0) is 129 Å². The van der Waals surface area contributed by atoms with E-state index in [2.05, 4.69) is 156 Å². The molecule has 1 aromatic heterocycles. The van der Waals surface area contributed by atoms with Crippen LogP contribution in [-0.4, -0.2) is 11.3 Å². The second-order valence-corrected chi connectivity index (χ2v) is 16.6. The SMILES string of the molecule is c1cc2c3c(c1)-c1c(cc4ccc5cccc6ccc1c4c56)C3CCc1cccc3c1B2c1cccc2c4c5ccc6cccc7ccc(cc4n-3c12)c5c76. The van der Waals surface area contributed by atoms with Gasteiger partial charge in [0.2, 0.25) is 6.71 Å². The molecular formula is C53H30BN. The first-order valence-electron chi connectivity index (χ1n) is 19.9. The number of hydrogen-bond acceptors (Lipinski definition) is 0. The lowest BCUT2D eigenvalue weighted by Gasteiger charge is -2.33. The number of aryl methyl sites for hydroxylation is 1. The fourth-order valence-electron chi connectivity index (χ4n) is 12.3. The van der Waals surface area contributed by atoms with Gasteiger partial charge < -0.3 is 4.57 Å². The van der Waals surface area contributed by atoms with Crippen LogP contribution in [0.25, 0.3) is 103 Å². The molecule has 0 radical (unpaired) electrons. The second-order valence-electron chi connectivity index (χ2n) is 16.6. The molecule has 0 fully saturated rings. The Kier molecular flexibility index (Phi) is 4.74. The average Bonchev–Trinajstić information content (AvgIpc) is 3.74. The van der Waals surface area contributed by atoms with Crippen LogP contribution in [0.15, 0.2) is 152 Å². The summed E-state index contributed by atoms with van der Waals surface area (Å²) in [6.45, 7) is 0.154. The summed E-state index contributed by atoms with van der Waals surface area (Å²) in [4.78, 5) is 0. The molecular weight excluding hydrogens is 661 g/mol. The Morgan fingerprint density at radius 1 is 0.491 bits per heavy atom. The third kappa shape index (κ3) is 3.13. The molecule has 0 N–H and O–H groups in total. The quantitative estimate of drug-likeness (QED) is 0.110. The Bertz CT molecular complexity index is 3700. The number of benzene rings is 11. The number of para-hydroxylation sites is 1. The van der Waals surface area contributed by atoms with Crippen molar-refractivity contribution in [3.05, 3.63) is 168 Å². The van der Waals surface area contributed by atoms with Crippen molar-refractivity contribution in [3.8, 4) is 16.8 Å². The maximum Gasteiger partial charge on any atom is 0.247 e. The zero-order chi connectivity index (χ0) is 35.3. The van der Waals surface area contributed by atoms with Crippen LogP contribution in [0.4, 0.5) is 0 Å². The highest BCUT2D eigenvalue weighted by molar-refractivity contribution is 6.98. The van der Waals surface area contributed by atoms with E-state index in [4.69, 9.17) is 0 Å². The monoisotopic (exact) mass is 691 g/mol. The Hall–Kier alpha value is -6.64. The zero-order valence-corrected chi connectivity index (χ0v) is 29.9. The molecule has 3 aliphatic rings. The van der Waals surface area contributed by atoms with Gasteiger partial charge in [-0.15, -0.1) is 0 Å². The van der Waals surface area contributed by atoms with Crippen LogP contribution < -0.4 is 16.4 Å². The van der Waals surface area contributed by atoms with Gasteiger partial charge in [-0.25, -0.2) is 0 Å². The van der Waals surface area contributed by atoms with Crippen LogP contribution in [0.3, 0.4) is 0 Å². The Morgan fingerprint density at radius 3 is 1.93 bits per heavy atom. The third-order valence-corrected chi connectivity index (χ3v) is 14.3. The minimum atomic E-state index is 0.154. The fourth-order valence-corrected chi connectivity index (χ4v) is 12.3. The predicted molar refractivity (Wildman–Crippen MR) is 235 cm³/mol. The lowest BCUT2D eigenvalue weighted by atomic mass is 9.33. The van der Waals surface area contributed by atoms with Crippen LogP contribution in [0, 0.1) is 0 Å². The summed E-state index contributed by atoms with van der Waals surface area (Å²) < 4.78 is 2.64. The van der Waals surface area contributed by atoms with Crippen molar-refractivity contribution in [2.24, 2.45) is 0 Å². The molecule has 15 rings (SSSR count). The second kappa shape index (κ2) is 9.35. The zero-order valence-electron chi connectivity index (χ0n) is 29.9. The van der Waals surface area contributed by atoms with Crippen molar-refractivity contribution >= 4 is 110 Å². The Morgan fingerprint density at radius 2 is 1.13 bits per heavy atom. The molecule has 55 heavy (non-hydrogen) atoms. The topological polar surface area (TPSA) is 4.93 Å². The molecule has 250 valence electrons. The number of aromatic nitrogens is 1. The molecule has 0 amide bonds. The standard InChI is InChI=1S/C53H30BN/c1-6-28-16-18-33-26-40-35-23-22-32-10-3-15-43-52(32)54(41-13-4-11-36(50(35)41)49(40)37-24-20-30(8-1)45(28)47(33)37)42-14-5-12-39-51-38-25-21-31-9-2-7-29-17-19-34(48(38)46(29)31)27-44(51)55(43)53(39)42/h1-21,24-27,35H,22-23H2. The van der Waals surface area contributed by atoms with E-state index < -0.39 is 0 Å². The van der Waals surface area contributed by atoms with Gasteiger partial charge >= 0.3 is 0 Å². The van der Waals surface area contributed by atoms with Crippen LogP contribution in [0.1, 0.15) is 29.0 Å². The van der Waals surface area contributed by atoms with Crippen LogP contribution in [-0.2, 0) is 6.42 Å². The van der Waals surface area contributed by atoms with Crippen LogP contribution >= 0.6 is 0 Å². The molecule has 2 heteroatoms. The molecule has 2 aliphatic heterocycles. The number of rotatable bonds is 0. The van der Waals surface area contributed by atoms with E-state index >= 15 is 0 Å². The summed E-state index contributed by atoms with van der Waals surface area (Å²) in [5, 5.41) is 19.1. The summed E-state index contributed by atoms with van der Waals surface area (Å²) in [5.74, 6) is 0.356. The van der Waals surface area contributed by atoms with Gasteiger partial charge in [-0.1, -0.05) is 144 Å². The number of hydrogen-bond donors (Lipinski definition) is 0. The van der Waals surface area contributed by atoms with E-state index in [1.165, 1.54) is 131 Å². The Balaban J connectivity index is 1.07. The van der Waals surface area contributed by atoms with Crippen molar-refractivity contribution in [1.82, 2.24) is 4.57 Å². The highest BCUT2D eigenvalue weighted by Gasteiger charge is 2.42. The van der Waals surface area contributed by atoms with E-state index in [0.717, 1.165) is 12.8 Å². The van der Waals surface area contributed by atoms with Crippen LogP contribution in [0.5, 0.6) is 0 Å². The maximum atomic E-state index is 2.64. The average molecular weight is 692 g/mol. The summed E-state index contributed by atoms with van der Waals surface area (Å²) in [5.41, 5.74) is 15.9. The molecule has 11 aromatic carbocycles. The highest BCUT2D eigenvalue weighted by atomic mass is 15.0. The van der Waals surface area contributed by atoms with Crippen molar-refractivity contribution in [2.45, 2.75) is 18.8 Å². The molecule has 3 heterocycles. The molecule has 0 spiro atoms. The molecule has 1 atom stereocenters. The van der Waals surface area contributed by atoms with Crippen molar-refractivity contribution in [1.29, 1.82) is 0 Å². The fraction of sp³-hybridized carbons (Fsp3) is 0.0566.